The Bertz CT molecular complexity index is 925. The Kier molecular flexibility index (Phi) is 5.66. The summed E-state index contributed by atoms with van der Waals surface area (Å²) in [5, 5.41) is 2.59. The molecule has 1 saturated heterocycles. The van der Waals surface area contributed by atoms with Crippen LogP contribution < -0.4 is 10.1 Å². The van der Waals surface area contributed by atoms with E-state index in [0.29, 0.717) is 31.8 Å². The number of esters is 1. The SMILES string of the molecule is O=C(Cc1ccc(Cl)c(Cl)c1)Oc1ccc(C=C2SC(=O)NC2=O)cc1. The molecule has 1 N–H and O–H groups in total. The van der Waals surface area contributed by atoms with Gasteiger partial charge in [0.1, 0.15) is 5.75 Å². The van der Waals surface area contributed by atoms with E-state index in [9.17, 15) is 14.4 Å². The smallest absolute Gasteiger partial charge is 0.315 e. The van der Waals surface area contributed by atoms with Gasteiger partial charge in [-0.05, 0) is 53.2 Å². The fourth-order valence-corrected chi connectivity index (χ4v) is 3.19. The summed E-state index contributed by atoms with van der Waals surface area (Å²) in [6, 6.07) is 11.5. The molecule has 0 spiro atoms. The Morgan fingerprint density at radius 3 is 2.42 bits per heavy atom. The highest BCUT2D eigenvalue weighted by atomic mass is 35.5. The van der Waals surface area contributed by atoms with Crippen molar-refractivity contribution in [3.05, 3.63) is 68.5 Å². The van der Waals surface area contributed by atoms with Crippen LogP contribution in [0.15, 0.2) is 47.4 Å². The molecular weight excluding hydrogens is 397 g/mol. The summed E-state index contributed by atoms with van der Waals surface area (Å²) in [6.45, 7) is 0. The van der Waals surface area contributed by atoms with Gasteiger partial charge in [0.25, 0.3) is 11.1 Å². The number of halogens is 2. The summed E-state index contributed by atoms with van der Waals surface area (Å²) < 4.78 is 5.28. The van der Waals surface area contributed by atoms with Gasteiger partial charge in [-0.25, -0.2) is 0 Å². The molecule has 0 radical (unpaired) electrons. The Balaban J connectivity index is 1.62. The topological polar surface area (TPSA) is 72.5 Å². The minimum absolute atomic E-state index is 0.0572. The number of amides is 2. The van der Waals surface area contributed by atoms with E-state index in [1.807, 2.05) is 0 Å². The number of carbonyl (C=O) groups excluding carboxylic acids is 3. The summed E-state index contributed by atoms with van der Waals surface area (Å²) >= 11 is 12.6. The summed E-state index contributed by atoms with van der Waals surface area (Å²) in [4.78, 5) is 35.0. The highest BCUT2D eigenvalue weighted by Crippen LogP contribution is 2.26. The molecule has 2 aromatic carbocycles. The molecule has 1 aliphatic heterocycles. The molecule has 0 unspecified atom stereocenters. The molecule has 2 aromatic rings. The minimum atomic E-state index is -0.439. The lowest BCUT2D eigenvalue weighted by Crippen LogP contribution is -2.17. The van der Waals surface area contributed by atoms with Crippen molar-refractivity contribution in [2.45, 2.75) is 6.42 Å². The standard InChI is InChI=1S/C18H11Cl2NO4S/c19-13-6-3-11(7-14(13)20)9-16(22)25-12-4-1-10(2-5-12)8-15-17(23)21-18(24)26-15/h1-8H,9H2,(H,21,23,24). The zero-order valence-corrected chi connectivity index (χ0v) is 15.5. The van der Waals surface area contributed by atoms with Gasteiger partial charge in [0, 0.05) is 0 Å². The van der Waals surface area contributed by atoms with Gasteiger partial charge in [-0.15, -0.1) is 0 Å². The van der Waals surface area contributed by atoms with Crippen molar-refractivity contribution in [3.8, 4) is 5.75 Å². The molecule has 0 saturated carbocycles. The maximum atomic E-state index is 12.0. The van der Waals surface area contributed by atoms with E-state index >= 15 is 0 Å². The maximum Gasteiger partial charge on any atom is 0.315 e. The number of carbonyl (C=O) groups is 3. The molecule has 3 rings (SSSR count). The lowest BCUT2D eigenvalue weighted by molar-refractivity contribution is -0.133. The van der Waals surface area contributed by atoms with E-state index < -0.39 is 17.1 Å². The molecule has 2 amide bonds. The van der Waals surface area contributed by atoms with Crippen molar-refractivity contribution in [2.75, 3.05) is 0 Å². The number of benzene rings is 2. The summed E-state index contributed by atoms with van der Waals surface area (Å²) in [7, 11) is 0. The van der Waals surface area contributed by atoms with Crippen molar-refractivity contribution in [1.82, 2.24) is 5.32 Å². The number of nitrogens with one attached hydrogen (secondary N) is 1. The summed E-state index contributed by atoms with van der Waals surface area (Å²) in [6.07, 6.45) is 1.65. The van der Waals surface area contributed by atoms with Crippen LogP contribution in [0.3, 0.4) is 0 Å². The van der Waals surface area contributed by atoms with Crippen molar-refractivity contribution in [1.29, 1.82) is 0 Å². The third-order valence-corrected chi connectivity index (χ3v) is 4.93. The zero-order valence-electron chi connectivity index (χ0n) is 13.1. The van der Waals surface area contributed by atoms with Crippen LogP contribution in [0.25, 0.3) is 6.08 Å². The third kappa shape index (κ3) is 4.66. The van der Waals surface area contributed by atoms with Gasteiger partial charge in [0.15, 0.2) is 0 Å². The third-order valence-electron chi connectivity index (χ3n) is 3.38. The summed E-state index contributed by atoms with van der Waals surface area (Å²) in [5.74, 6) is -0.486. The highest BCUT2D eigenvalue weighted by Gasteiger charge is 2.24. The molecule has 8 heteroatoms. The largest absolute Gasteiger partial charge is 0.426 e. The molecule has 132 valence electrons. The van der Waals surface area contributed by atoms with Crippen molar-refractivity contribution < 1.29 is 19.1 Å². The van der Waals surface area contributed by atoms with Crippen LogP contribution in [0.5, 0.6) is 5.75 Å². The van der Waals surface area contributed by atoms with Crippen LogP contribution in [0.4, 0.5) is 4.79 Å². The average molecular weight is 408 g/mol. The number of ether oxygens (including phenoxy) is 1. The molecule has 26 heavy (non-hydrogen) atoms. The first-order valence-corrected chi connectivity index (χ1v) is 8.97. The zero-order chi connectivity index (χ0) is 18.7. The van der Waals surface area contributed by atoms with E-state index in [0.717, 1.165) is 11.8 Å². The number of hydrogen-bond donors (Lipinski definition) is 1. The fraction of sp³-hybridized carbons (Fsp3) is 0.0556. The van der Waals surface area contributed by atoms with E-state index in [1.54, 1.807) is 48.5 Å². The number of thioether (sulfide) groups is 1. The van der Waals surface area contributed by atoms with Gasteiger partial charge >= 0.3 is 5.97 Å². The maximum absolute atomic E-state index is 12.0. The van der Waals surface area contributed by atoms with Gasteiger partial charge in [-0.1, -0.05) is 41.4 Å². The van der Waals surface area contributed by atoms with Crippen molar-refractivity contribution in [2.24, 2.45) is 0 Å². The first kappa shape index (κ1) is 18.5. The predicted octanol–water partition coefficient (Wildman–Crippen LogP) is 4.47. The van der Waals surface area contributed by atoms with Crippen LogP contribution in [0.1, 0.15) is 11.1 Å². The Morgan fingerprint density at radius 1 is 1.08 bits per heavy atom. The van der Waals surface area contributed by atoms with E-state index in [4.69, 9.17) is 27.9 Å². The van der Waals surface area contributed by atoms with Crippen molar-refractivity contribution in [3.63, 3.8) is 0 Å². The Morgan fingerprint density at radius 2 is 1.81 bits per heavy atom. The molecule has 1 heterocycles. The normalized spacial score (nSPS) is 15.2. The second-order valence-electron chi connectivity index (χ2n) is 5.32. The predicted molar refractivity (Wildman–Crippen MR) is 101 cm³/mol. The molecule has 5 nitrogen and oxygen atoms in total. The van der Waals surface area contributed by atoms with Crippen LogP contribution in [0.2, 0.25) is 10.0 Å². The molecule has 1 aliphatic rings. The van der Waals surface area contributed by atoms with E-state index in [-0.39, 0.29) is 6.42 Å². The molecular formula is C18H11Cl2NO4S. The molecule has 1 fully saturated rings. The second-order valence-corrected chi connectivity index (χ2v) is 7.15. The van der Waals surface area contributed by atoms with Gasteiger partial charge < -0.3 is 4.74 Å². The first-order valence-electron chi connectivity index (χ1n) is 7.40. The molecule has 0 aliphatic carbocycles. The highest BCUT2D eigenvalue weighted by molar-refractivity contribution is 8.18. The Labute approximate surface area is 163 Å². The van der Waals surface area contributed by atoms with Crippen LogP contribution >= 0.6 is 35.0 Å². The van der Waals surface area contributed by atoms with Gasteiger partial charge in [-0.2, -0.15) is 0 Å². The first-order chi connectivity index (χ1) is 12.4. The average Bonchev–Trinajstić information content (AvgIpc) is 2.90. The van der Waals surface area contributed by atoms with Gasteiger partial charge in [0.2, 0.25) is 0 Å². The minimum Gasteiger partial charge on any atom is -0.426 e. The second kappa shape index (κ2) is 7.95. The van der Waals surface area contributed by atoms with Crippen LogP contribution in [-0.2, 0) is 16.0 Å². The van der Waals surface area contributed by atoms with Crippen LogP contribution in [-0.4, -0.2) is 17.1 Å². The fourth-order valence-electron chi connectivity index (χ4n) is 2.19. The lowest BCUT2D eigenvalue weighted by atomic mass is 10.1. The van der Waals surface area contributed by atoms with Crippen LogP contribution in [0, 0.1) is 0 Å². The lowest BCUT2D eigenvalue weighted by Gasteiger charge is -2.06. The monoisotopic (exact) mass is 407 g/mol. The van der Waals surface area contributed by atoms with E-state index in [1.165, 1.54) is 0 Å². The molecule has 0 atom stereocenters. The quantitative estimate of drug-likeness (QED) is 0.459. The van der Waals surface area contributed by atoms with E-state index in [2.05, 4.69) is 5.32 Å². The van der Waals surface area contributed by atoms with Crippen molar-refractivity contribution >= 4 is 58.2 Å². The number of hydrogen-bond acceptors (Lipinski definition) is 5. The van der Waals surface area contributed by atoms with Gasteiger partial charge in [-0.3, -0.25) is 19.7 Å². The van der Waals surface area contributed by atoms with Gasteiger partial charge in [0.05, 0.1) is 21.4 Å². The molecule has 0 aromatic heterocycles. The number of imide groups is 1. The molecule has 0 bridgehead atoms. The Hall–Kier alpha value is -2.28. The number of rotatable bonds is 4. The summed E-state index contributed by atoms with van der Waals surface area (Å²) in [5.41, 5.74) is 1.40.